The fourth-order valence-electron chi connectivity index (χ4n) is 6.13. The third kappa shape index (κ3) is 2.84. The minimum Gasteiger partial charge on any atom is -0.508 e. The van der Waals surface area contributed by atoms with Gasteiger partial charge in [0, 0.05) is 33.3 Å². The Hall–Kier alpha value is -4.96. The molecular formula is C33H21NO3. The first-order chi connectivity index (χ1) is 18.2. The quantitative estimate of drug-likeness (QED) is 0.222. The molecule has 8 rings (SSSR count). The molecule has 0 radical (unpaired) electrons. The van der Waals surface area contributed by atoms with Crippen molar-refractivity contribution in [2.45, 2.75) is 5.92 Å². The highest BCUT2D eigenvalue weighted by Gasteiger charge is 2.33. The van der Waals surface area contributed by atoms with Crippen LogP contribution >= 0.6 is 0 Å². The van der Waals surface area contributed by atoms with Crippen LogP contribution < -0.4 is 4.74 Å². The van der Waals surface area contributed by atoms with Crippen molar-refractivity contribution in [2.75, 3.05) is 0 Å². The molecule has 6 aromatic carbocycles. The van der Waals surface area contributed by atoms with Gasteiger partial charge in [-0.05, 0) is 69.6 Å². The highest BCUT2D eigenvalue weighted by molar-refractivity contribution is 6.09. The minimum absolute atomic E-state index is 0.142. The van der Waals surface area contributed by atoms with Gasteiger partial charge in [0.05, 0.1) is 5.52 Å². The second-order valence-corrected chi connectivity index (χ2v) is 9.74. The van der Waals surface area contributed by atoms with Gasteiger partial charge in [0.1, 0.15) is 23.0 Å². The van der Waals surface area contributed by atoms with Crippen LogP contribution in [-0.4, -0.2) is 15.2 Å². The summed E-state index contributed by atoms with van der Waals surface area (Å²) in [6.07, 6.45) is 0. The molecule has 2 heterocycles. The van der Waals surface area contributed by atoms with Gasteiger partial charge in [-0.1, -0.05) is 60.7 Å². The number of hydrogen-bond donors (Lipinski definition) is 3. The molecule has 0 bridgehead atoms. The molecule has 0 spiro atoms. The third-order valence-electron chi connectivity index (χ3n) is 7.69. The van der Waals surface area contributed by atoms with Crippen molar-refractivity contribution in [3.63, 3.8) is 0 Å². The predicted molar refractivity (Wildman–Crippen MR) is 148 cm³/mol. The van der Waals surface area contributed by atoms with E-state index in [0.29, 0.717) is 0 Å². The Kier molecular flexibility index (Phi) is 3.98. The Morgan fingerprint density at radius 1 is 0.568 bits per heavy atom. The van der Waals surface area contributed by atoms with Gasteiger partial charge < -0.3 is 19.9 Å². The summed E-state index contributed by atoms with van der Waals surface area (Å²) in [7, 11) is 0. The molecule has 1 aliphatic heterocycles. The molecule has 0 saturated carbocycles. The summed E-state index contributed by atoms with van der Waals surface area (Å²) in [5, 5.41) is 26.8. The Bertz CT molecular complexity index is 1960. The summed E-state index contributed by atoms with van der Waals surface area (Å²) in [5.74, 6) is 1.94. The van der Waals surface area contributed by atoms with E-state index < -0.39 is 0 Å². The highest BCUT2D eigenvalue weighted by Crippen LogP contribution is 2.53. The van der Waals surface area contributed by atoms with Crippen LogP contribution in [0.5, 0.6) is 23.0 Å². The third-order valence-corrected chi connectivity index (χ3v) is 7.69. The van der Waals surface area contributed by atoms with E-state index in [0.717, 1.165) is 60.8 Å². The number of nitrogens with one attached hydrogen (secondary N) is 1. The molecule has 0 atom stereocenters. The number of rotatable bonds is 1. The monoisotopic (exact) mass is 479 g/mol. The van der Waals surface area contributed by atoms with E-state index in [2.05, 4.69) is 47.4 Å². The van der Waals surface area contributed by atoms with Crippen LogP contribution in [0.25, 0.3) is 43.4 Å². The van der Waals surface area contributed by atoms with Crippen molar-refractivity contribution in [2.24, 2.45) is 0 Å². The molecule has 3 N–H and O–H groups in total. The van der Waals surface area contributed by atoms with Crippen molar-refractivity contribution in [3.8, 4) is 23.0 Å². The minimum atomic E-state index is -0.142. The zero-order valence-corrected chi connectivity index (χ0v) is 19.7. The van der Waals surface area contributed by atoms with Crippen LogP contribution in [0.2, 0.25) is 0 Å². The summed E-state index contributed by atoms with van der Waals surface area (Å²) >= 11 is 0. The number of hydrogen-bond acceptors (Lipinski definition) is 3. The normalized spacial score (nSPS) is 13.2. The van der Waals surface area contributed by atoms with Crippen LogP contribution in [0.3, 0.4) is 0 Å². The summed E-state index contributed by atoms with van der Waals surface area (Å²) in [6, 6.07) is 33.9. The lowest BCUT2D eigenvalue weighted by Gasteiger charge is -2.31. The van der Waals surface area contributed by atoms with E-state index in [4.69, 9.17) is 4.74 Å². The Morgan fingerprint density at radius 3 is 1.86 bits per heavy atom. The zero-order valence-electron chi connectivity index (χ0n) is 19.7. The average molecular weight is 480 g/mol. The summed E-state index contributed by atoms with van der Waals surface area (Å²) in [5.41, 5.74) is 5.48. The molecular weight excluding hydrogens is 458 g/mol. The number of fused-ring (bicyclic) bond motifs is 9. The molecule has 0 fully saturated rings. The largest absolute Gasteiger partial charge is 0.508 e. The van der Waals surface area contributed by atoms with E-state index in [9.17, 15) is 10.2 Å². The molecule has 0 saturated heterocycles. The average Bonchev–Trinajstić information content (AvgIpc) is 3.30. The predicted octanol–water partition coefficient (Wildman–Crippen LogP) is 8.32. The number of phenolic OH excluding ortho intramolecular Hbond substituents is 2. The number of aromatic hydroxyl groups is 2. The molecule has 0 unspecified atom stereocenters. The van der Waals surface area contributed by atoms with Crippen molar-refractivity contribution < 1.29 is 14.9 Å². The second kappa shape index (κ2) is 7.28. The van der Waals surface area contributed by atoms with Gasteiger partial charge in [0.15, 0.2) is 0 Å². The fraction of sp³-hybridized carbons (Fsp3) is 0.0303. The van der Waals surface area contributed by atoms with Crippen molar-refractivity contribution in [1.29, 1.82) is 0 Å². The maximum Gasteiger partial charge on any atom is 0.132 e. The molecule has 7 aromatic rings. The van der Waals surface area contributed by atoms with Gasteiger partial charge in [0.2, 0.25) is 0 Å². The number of ether oxygens (including phenoxy) is 1. The Labute approximate surface area is 212 Å². The van der Waals surface area contributed by atoms with Crippen LogP contribution in [0.1, 0.15) is 22.6 Å². The first-order valence-electron chi connectivity index (χ1n) is 12.3. The lowest BCUT2D eigenvalue weighted by molar-refractivity contribution is 0.456. The fourth-order valence-corrected chi connectivity index (χ4v) is 6.13. The number of benzene rings is 6. The molecule has 1 aliphatic rings. The standard InChI is InChI=1S/C33H21NO3/c35-20-10-12-22-18(16-20)8-14-28-30(22)32(31-23-13-11-21(36)17-19(23)9-15-29(31)37-28)26-6-3-5-25-24-4-1-2-7-27(24)34-33(25)26/h1-17,32,34-36H. The number of aromatic nitrogens is 1. The van der Waals surface area contributed by atoms with Gasteiger partial charge in [-0.3, -0.25) is 0 Å². The van der Waals surface area contributed by atoms with Crippen molar-refractivity contribution in [1.82, 2.24) is 4.98 Å². The molecule has 4 nitrogen and oxygen atoms in total. The van der Waals surface area contributed by atoms with Gasteiger partial charge in [-0.15, -0.1) is 0 Å². The highest BCUT2D eigenvalue weighted by atomic mass is 16.5. The first kappa shape index (κ1) is 20.3. The lowest BCUT2D eigenvalue weighted by Crippen LogP contribution is -2.13. The van der Waals surface area contributed by atoms with Crippen LogP contribution in [0.4, 0.5) is 0 Å². The van der Waals surface area contributed by atoms with E-state index in [1.165, 1.54) is 10.8 Å². The van der Waals surface area contributed by atoms with E-state index >= 15 is 0 Å². The Balaban J connectivity index is 1.54. The SMILES string of the molecule is Oc1ccc2c3c(ccc2c1)Oc1ccc2cc(O)ccc2c1C3c1cccc2c1[nH]c1ccccc12. The molecule has 0 aliphatic carbocycles. The van der Waals surface area contributed by atoms with E-state index in [-0.39, 0.29) is 17.4 Å². The van der Waals surface area contributed by atoms with Crippen molar-refractivity contribution in [3.05, 3.63) is 120 Å². The molecule has 176 valence electrons. The maximum absolute atomic E-state index is 10.2. The first-order valence-corrected chi connectivity index (χ1v) is 12.3. The second-order valence-electron chi connectivity index (χ2n) is 9.74. The van der Waals surface area contributed by atoms with Gasteiger partial charge >= 0.3 is 0 Å². The lowest BCUT2D eigenvalue weighted by atomic mass is 9.78. The zero-order chi connectivity index (χ0) is 24.7. The Morgan fingerprint density at radius 2 is 1.19 bits per heavy atom. The summed E-state index contributed by atoms with van der Waals surface area (Å²) in [4.78, 5) is 3.70. The number of aromatic amines is 1. The van der Waals surface area contributed by atoms with E-state index in [1.807, 2.05) is 36.4 Å². The number of H-pyrrole nitrogens is 1. The number of para-hydroxylation sites is 2. The molecule has 4 heteroatoms. The smallest absolute Gasteiger partial charge is 0.132 e. The molecule has 37 heavy (non-hydrogen) atoms. The van der Waals surface area contributed by atoms with Crippen LogP contribution in [0, 0.1) is 0 Å². The van der Waals surface area contributed by atoms with E-state index in [1.54, 1.807) is 24.3 Å². The number of phenols is 2. The van der Waals surface area contributed by atoms with Crippen molar-refractivity contribution >= 4 is 43.4 Å². The van der Waals surface area contributed by atoms with Gasteiger partial charge in [-0.25, -0.2) is 0 Å². The summed E-state index contributed by atoms with van der Waals surface area (Å²) in [6.45, 7) is 0. The van der Waals surface area contributed by atoms with Gasteiger partial charge in [-0.2, -0.15) is 0 Å². The van der Waals surface area contributed by atoms with Gasteiger partial charge in [0.25, 0.3) is 0 Å². The maximum atomic E-state index is 10.2. The topological polar surface area (TPSA) is 65.5 Å². The molecule has 1 aromatic heterocycles. The molecule has 0 amide bonds. The van der Waals surface area contributed by atoms with Crippen LogP contribution in [-0.2, 0) is 0 Å². The summed E-state index contributed by atoms with van der Waals surface area (Å²) < 4.78 is 6.54. The van der Waals surface area contributed by atoms with Crippen LogP contribution in [0.15, 0.2) is 103 Å².